The SMILES string of the molecule is COC(=O)c1sccc1S(=O)(=O)NC(=O)Nc1ncnc(C)n1. The minimum absolute atomic E-state index is 0.108. The average molecular weight is 357 g/mol. The van der Waals surface area contributed by atoms with Crippen LogP contribution in [-0.4, -0.2) is 42.5 Å². The molecule has 12 heteroatoms. The molecule has 0 saturated heterocycles. The number of methoxy groups -OCH3 is 1. The van der Waals surface area contributed by atoms with Gasteiger partial charge < -0.3 is 4.74 Å². The maximum absolute atomic E-state index is 12.2. The van der Waals surface area contributed by atoms with Gasteiger partial charge in [-0.05, 0) is 18.4 Å². The predicted octanol–water partition coefficient (Wildman–Crippen LogP) is 0.539. The molecular formula is C11H11N5O5S2. The van der Waals surface area contributed by atoms with E-state index in [1.807, 2.05) is 0 Å². The number of amides is 2. The molecule has 23 heavy (non-hydrogen) atoms. The molecule has 0 aliphatic heterocycles. The molecular weight excluding hydrogens is 346 g/mol. The predicted molar refractivity (Wildman–Crippen MR) is 79.6 cm³/mol. The number of anilines is 1. The van der Waals surface area contributed by atoms with Gasteiger partial charge in [0.25, 0.3) is 10.0 Å². The number of hydrogen-bond acceptors (Lipinski definition) is 9. The lowest BCUT2D eigenvalue weighted by Crippen LogP contribution is -2.35. The second-order valence-corrected chi connectivity index (χ2v) is 6.59. The monoisotopic (exact) mass is 357 g/mol. The van der Waals surface area contributed by atoms with Crippen LogP contribution in [0.4, 0.5) is 10.7 Å². The Balaban J connectivity index is 2.17. The molecule has 2 aromatic rings. The van der Waals surface area contributed by atoms with Gasteiger partial charge in [0.05, 0.1) is 7.11 Å². The number of rotatable bonds is 4. The fourth-order valence-electron chi connectivity index (χ4n) is 1.49. The van der Waals surface area contributed by atoms with Crippen molar-refractivity contribution in [3.8, 4) is 0 Å². The zero-order chi connectivity index (χ0) is 17.0. The van der Waals surface area contributed by atoms with Crippen LogP contribution in [0.5, 0.6) is 0 Å². The van der Waals surface area contributed by atoms with Gasteiger partial charge in [-0.3, -0.25) is 5.32 Å². The summed E-state index contributed by atoms with van der Waals surface area (Å²) >= 11 is 0.884. The number of hydrogen-bond donors (Lipinski definition) is 2. The van der Waals surface area contributed by atoms with Crippen LogP contribution in [0.15, 0.2) is 22.7 Å². The van der Waals surface area contributed by atoms with E-state index in [-0.39, 0.29) is 15.7 Å². The molecule has 0 bridgehead atoms. The van der Waals surface area contributed by atoms with E-state index in [9.17, 15) is 18.0 Å². The van der Waals surface area contributed by atoms with Gasteiger partial charge in [-0.2, -0.15) is 4.98 Å². The van der Waals surface area contributed by atoms with Gasteiger partial charge in [-0.25, -0.2) is 32.7 Å². The molecule has 2 amide bonds. The zero-order valence-corrected chi connectivity index (χ0v) is 13.6. The first-order valence-corrected chi connectivity index (χ1v) is 8.35. The number of aromatic nitrogens is 3. The van der Waals surface area contributed by atoms with Crippen molar-refractivity contribution in [1.82, 2.24) is 19.7 Å². The molecule has 0 spiro atoms. The van der Waals surface area contributed by atoms with Crippen LogP contribution in [0.25, 0.3) is 0 Å². The lowest BCUT2D eigenvalue weighted by atomic mass is 10.5. The molecule has 2 rings (SSSR count). The Labute approximate surface area is 135 Å². The van der Waals surface area contributed by atoms with Gasteiger partial charge in [0.2, 0.25) is 5.95 Å². The largest absolute Gasteiger partial charge is 0.465 e. The van der Waals surface area contributed by atoms with Crippen molar-refractivity contribution in [1.29, 1.82) is 0 Å². The fourth-order valence-corrected chi connectivity index (χ4v) is 3.74. The fraction of sp³-hybridized carbons (Fsp3) is 0.182. The van der Waals surface area contributed by atoms with Crippen LogP contribution >= 0.6 is 11.3 Å². The smallest absolute Gasteiger partial charge is 0.349 e. The number of carbonyl (C=O) groups excluding carboxylic acids is 2. The highest BCUT2D eigenvalue weighted by Gasteiger charge is 2.26. The van der Waals surface area contributed by atoms with Gasteiger partial charge in [-0.1, -0.05) is 0 Å². The summed E-state index contributed by atoms with van der Waals surface area (Å²) in [6.07, 6.45) is 1.17. The number of urea groups is 1. The van der Waals surface area contributed by atoms with E-state index in [0.717, 1.165) is 18.4 Å². The molecule has 0 aliphatic carbocycles. The Bertz CT molecular complexity index is 848. The summed E-state index contributed by atoms with van der Waals surface area (Å²) in [7, 11) is -3.13. The summed E-state index contributed by atoms with van der Waals surface area (Å²) in [5.41, 5.74) is 0. The number of nitrogens with one attached hydrogen (secondary N) is 2. The third-order valence-electron chi connectivity index (χ3n) is 2.43. The molecule has 2 aromatic heterocycles. The van der Waals surface area contributed by atoms with Gasteiger partial charge in [-0.15, -0.1) is 11.3 Å². The molecule has 0 atom stereocenters. The Kier molecular flexibility index (Phi) is 4.86. The van der Waals surface area contributed by atoms with Crippen molar-refractivity contribution in [2.75, 3.05) is 12.4 Å². The second kappa shape index (κ2) is 6.66. The van der Waals surface area contributed by atoms with Crippen LogP contribution in [0.2, 0.25) is 0 Å². The normalized spacial score (nSPS) is 10.9. The Morgan fingerprint density at radius 2 is 2.04 bits per heavy atom. The van der Waals surface area contributed by atoms with E-state index < -0.39 is 22.0 Å². The summed E-state index contributed by atoms with van der Waals surface area (Å²) in [5.74, 6) is -0.568. The molecule has 0 unspecified atom stereocenters. The second-order valence-electron chi connectivity index (χ2n) is 4.02. The number of carbonyl (C=O) groups is 2. The van der Waals surface area contributed by atoms with E-state index in [1.165, 1.54) is 17.8 Å². The summed E-state index contributed by atoms with van der Waals surface area (Å²) < 4.78 is 30.6. The highest BCUT2D eigenvalue weighted by atomic mass is 32.2. The molecule has 0 aliphatic rings. The first-order chi connectivity index (χ1) is 10.8. The van der Waals surface area contributed by atoms with Crippen molar-refractivity contribution in [2.24, 2.45) is 0 Å². The maximum atomic E-state index is 12.2. The van der Waals surface area contributed by atoms with Crippen LogP contribution in [0.1, 0.15) is 15.5 Å². The summed E-state index contributed by atoms with van der Waals surface area (Å²) in [6, 6.07) is 0.122. The Morgan fingerprint density at radius 1 is 1.30 bits per heavy atom. The van der Waals surface area contributed by atoms with Crippen LogP contribution in [0, 0.1) is 6.92 Å². The molecule has 0 aromatic carbocycles. The van der Waals surface area contributed by atoms with E-state index in [0.29, 0.717) is 5.82 Å². The van der Waals surface area contributed by atoms with Crippen molar-refractivity contribution in [3.05, 3.63) is 28.5 Å². The molecule has 0 radical (unpaired) electrons. The number of aryl methyl sites for hydroxylation is 1. The quantitative estimate of drug-likeness (QED) is 0.755. The van der Waals surface area contributed by atoms with Crippen LogP contribution in [-0.2, 0) is 14.8 Å². The third-order valence-corrected chi connectivity index (χ3v) is 4.83. The summed E-state index contributed by atoms with van der Waals surface area (Å²) in [6.45, 7) is 1.58. The molecule has 10 nitrogen and oxygen atoms in total. The first-order valence-electron chi connectivity index (χ1n) is 5.98. The molecule has 2 N–H and O–H groups in total. The molecule has 2 heterocycles. The topological polar surface area (TPSA) is 140 Å². The van der Waals surface area contributed by atoms with E-state index in [4.69, 9.17) is 0 Å². The average Bonchev–Trinajstić information content (AvgIpc) is 2.96. The first kappa shape index (κ1) is 16.8. The van der Waals surface area contributed by atoms with Crippen LogP contribution < -0.4 is 10.0 Å². The highest BCUT2D eigenvalue weighted by molar-refractivity contribution is 7.90. The lowest BCUT2D eigenvalue weighted by molar-refractivity contribution is 0.0602. The van der Waals surface area contributed by atoms with Crippen molar-refractivity contribution in [2.45, 2.75) is 11.8 Å². The van der Waals surface area contributed by atoms with Crippen molar-refractivity contribution in [3.63, 3.8) is 0 Å². The third kappa shape index (κ3) is 3.98. The summed E-state index contributed by atoms with van der Waals surface area (Å²) in [5, 5.41) is 3.56. The van der Waals surface area contributed by atoms with Gasteiger partial charge in [0, 0.05) is 0 Å². The standard InChI is InChI=1S/C11H11N5O5S2/c1-6-12-5-13-10(14-6)15-11(18)16-23(19,20)7-3-4-22-8(7)9(17)21-2/h3-5H,1-2H3,(H2,12,13,14,15,16,18). The minimum atomic E-state index is -4.26. The number of thiophene rings is 1. The highest BCUT2D eigenvalue weighted by Crippen LogP contribution is 2.22. The Morgan fingerprint density at radius 3 is 2.70 bits per heavy atom. The lowest BCUT2D eigenvalue weighted by Gasteiger charge is -2.07. The summed E-state index contributed by atoms with van der Waals surface area (Å²) in [4.78, 5) is 34.0. The van der Waals surface area contributed by atoms with E-state index in [2.05, 4.69) is 25.0 Å². The number of nitrogens with zero attached hydrogens (tertiary/aromatic N) is 3. The van der Waals surface area contributed by atoms with Gasteiger partial charge >= 0.3 is 12.0 Å². The Hall–Kier alpha value is -2.60. The number of sulfonamides is 1. The number of esters is 1. The molecule has 122 valence electrons. The van der Waals surface area contributed by atoms with Crippen molar-refractivity contribution >= 4 is 39.3 Å². The molecule has 0 fully saturated rings. The number of ether oxygens (including phenoxy) is 1. The van der Waals surface area contributed by atoms with E-state index in [1.54, 1.807) is 11.6 Å². The zero-order valence-electron chi connectivity index (χ0n) is 11.9. The maximum Gasteiger partial charge on any atom is 0.349 e. The minimum Gasteiger partial charge on any atom is -0.465 e. The molecule has 0 saturated carbocycles. The van der Waals surface area contributed by atoms with Crippen molar-refractivity contribution < 1.29 is 22.7 Å². The van der Waals surface area contributed by atoms with Crippen LogP contribution in [0.3, 0.4) is 0 Å². The van der Waals surface area contributed by atoms with E-state index >= 15 is 0 Å². The van der Waals surface area contributed by atoms with Gasteiger partial charge in [0.15, 0.2) is 0 Å². The van der Waals surface area contributed by atoms with Gasteiger partial charge in [0.1, 0.15) is 21.9 Å².